The van der Waals surface area contributed by atoms with Crippen molar-refractivity contribution >= 4 is 29.7 Å². The van der Waals surface area contributed by atoms with E-state index < -0.39 is 24.1 Å². The molecular formula is C23H22N2O5S. The molecule has 0 aromatic heterocycles. The normalized spacial score (nSPS) is 24.3. The second kappa shape index (κ2) is 7.92. The number of aliphatic carboxylic acids is 1. The van der Waals surface area contributed by atoms with Gasteiger partial charge in [0.15, 0.2) is 0 Å². The average Bonchev–Trinajstić information content (AvgIpc) is 3.34. The van der Waals surface area contributed by atoms with Gasteiger partial charge in [0.2, 0.25) is 5.91 Å². The first-order valence-electron chi connectivity index (χ1n) is 10.3. The van der Waals surface area contributed by atoms with Crippen LogP contribution >= 0.6 is 11.8 Å². The van der Waals surface area contributed by atoms with Crippen molar-refractivity contribution in [2.24, 2.45) is 0 Å². The number of nitrogens with zero attached hydrogens (tertiary/aromatic N) is 1. The van der Waals surface area contributed by atoms with E-state index in [-0.39, 0.29) is 23.8 Å². The number of carboxylic acid groups (broad SMARTS) is 1. The van der Waals surface area contributed by atoms with Crippen LogP contribution in [0.1, 0.15) is 29.9 Å². The van der Waals surface area contributed by atoms with Crippen LogP contribution in [0.4, 0.5) is 4.79 Å². The predicted octanol–water partition coefficient (Wildman–Crippen LogP) is 3.04. The van der Waals surface area contributed by atoms with Gasteiger partial charge in [-0.05, 0) is 35.1 Å². The Labute approximate surface area is 183 Å². The highest BCUT2D eigenvalue weighted by Gasteiger charge is 2.47. The summed E-state index contributed by atoms with van der Waals surface area (Å²) >= 11 is 1.48. The van der Waals surface area contributed by atoms with Crippen molar-refractivity contribution in [1.82, 2.24) is 10.2 Å². The van der Waals surface area contributed by atoms with Gasteiger partial charge in [-0.3, -0.25) is 4.79 Å². The summed E-state index contributed by atoms with van der Waals surface area (Å²) in [4.78, 5) is 38.2. The summed E-state index contributed by atoms with van der Waals surface area (Å²) in [5, 5.41) is 11.9. The lowest BCUT2D eigenvalue weighted by atomic mass is 9.98. The summed E-state index contributed by atoms with van der Waals surface area (Å²) in [6.45, 7) is 0.167. The first kappa shape index (κ1) is 19.9. The second-order valence-corrected chi connectivity index (χ2v) is 9.20. The van der Waals surface area contributed by atoms with Gasteiger partial charge < -0.3 is 20.1 Å². The van der Waals surface area contributed by atoms with Gasteiger partial charge in [-0.2, -0.15) is 0 Å². The number of carboxylic acids is 1. The maximum absolute atomic E-state index is 12.8. The molecule has 0 spiro atoms. The first-order valence-corrected chi connectivity index (χ1v) is 11.4. The lowest BCUT2D eigenvalue weighted by Crippen LogP contribution is -2.57. The third-order valence-electron chi connectivity index (χ3n) is 6.27. The molecule has 8 heteroatoms. The van der Waals surface area contributed by atoms with E-state index in [4.69, 9.17) is 4.74 Å². The molecule has 0 saturated carbocycles. The zero-order chi connectivity index (χ0) is 21.5. The highest BCUT2D eigenvalue weighted by Crippen LogP contribution is 2.44. The Morgan fingerprint density at radius 3 is 2.35 bits per heavy atom. The molecule has 0 radical (unpaired) electrons. The van der Waals surface area contributed by atoms with Gasteiger partial charge in [0.1, 0.15) is 18.7 Å². The maximum Gasteiger partial charge on any atom is 0.407 e. The number of hydrogen-bond acceptors (Lipinski definition) is 5. The Kier molecular flexibility index (Phi) is 5.09. The average molecular weight is 439 g/mol. The second-order valence-electron chi connectivity index (χ2n) is 7.99. The van der Waals surface area contributed by atoms with Gasteiger partial charge in [-0.15, -0.1) is 11.8 Å². The fraction of sp³-hybridized carbons (Fsp3) is 0.348. The summed E-state index contributed by atoms with van der Waals surface area (Å²) in [6.07, 6.45) is 0.468. The van der Waals surface area contributed by atoms with Crippen LogP contribution < -0.4 is 5.32 Å². The molecule has 3 aliphatic rings. The number of benzene rings is 2. The van der Waals surface area contributed by atoms with E-state index in [1.54, 1.807) is 0 Å². The molecule has 2 saturated heterocycles. The number of amides is 2. The number of thioether (sulfide) groups is 1. The standard InChI is InChI=1S/C23H22N2O5S/c26-21-18(9-10-20-25(21)19(12-31-20)22(27)28)24-23(29)30-11-17-15-7-3-1-5-13(15)14-6-2-4-8-16(14)17/h1-8,17-20H,9-12H2,(H,24,29)(H,27,28)/t18-,19-,20-/m1/s1. The van der Waals surface area contributed by atoms with Gasteiger partial charge in [0.25, 0.3) is 0 Å². The lowest BCUT2D eigenvalue weighted by molar-refractivity contribution is -0.151. The molecule has 1 aliphatic carbocycles. The molecule has 2 N–H and O–H groups in total. The van der Waals surface area contributed by atoms with Gasteiger partial charge in [-0.1, -0.05) is 48.5 Å². The first-order chi connectivity index (χ1) is 15.0. The zero-order valence-corrected chi connectivity index (χ0v) is 17.5. The van der Waals surface area contributed by atoms with Gasteiger partial charge in [0.05, 0.1) is 5.37 Å². The molecule has 2 heterocycles. The third kappa shape index (κ3) is 3.44. The van der Waals surface area contributed by atoms with Crippen LogP contribution in [0.2, 0.25) is 0 Å². The molecule has 2 amide bonds. The molecule has 2 aromatic carbocycles. The van der Waals surface area contributed by atoms with Crippen LogP contribution in [-0.4, -0.2) is 57.8 Å². The van der Waals surface area contributed by atoms with E-state index in [9.17, 15) is 19.5 Å². The van der Waals surface area contributed by atoms with Crippen LogP contribution in [0.15, 0.2) is 48.5 Å². The van der Waals surface area contributed by atoms with Crippen molar-refractivity contribution in [2.75, 3.05) is 12.4 Å². The number of fused-ring (bicyclic) bond motifs is 4. The van der Waals surface area contributed by atoms with Crippen molar-refractivity contribution in [2.45, 2.75) is 36.2 Å². The number of hydrogen-bond donors (Lipinski definition) is 2. The molecule has 0 bridgehead atoms. The van der Waals surface area contributed by atoms with E-state index in [0.717, 1.165) is 22.3 Å². The Hall–Kier alpha value is -3.00. The molecular weight excluding hydrogens is 416 g/mol. The Balaban J connectivity index is 1.25. The van der Waals surface area contributed by atoms with Gasteiger partial charge >= 0.3 is 12.1 Å². The number of rotatable bonds is 4. The lowest BCUT2D eigenvalue weighted by Gasteiger charge is -2.36. The summed E-state index contributed by atoms with van der Waals surface area (Å²) in [6, 6.07) is 14.6. The number of carbonyl (C=O) groups is 3. The van der Waals surface area contributed by atoms with E-state index in [1.165, 1.54) is 16.7 Å². The smallest absolute Gasteiger partial charge is 0.407 e. The minimum absolute atomic E-state index is 0.0593. The largest absolute Gasteiger partial charge is 0.480 e. The minimum Gasteiger partial charge on any atom is -0.480 e. The Morgan fingerprint density at radius 1 is 1.06 bits per heavy atom. The summed E-state index contributed by atoms with van der Waals surface area (Å²) in [5.74, 6) is -1.04. The quantitative estimate of drug-likeness (QED) is 0.762. The molecule has 3 atom stereocenters. The highest BCUT2D eigenvalue weighted by molar-refractivity contribution is 8.00. The van der Waals surface area contributed by atoms with Crippen LogP contribution in [0.25, 0.3) is 11.1 Å². The topological polar surface area (TPSA) is 95.9 Å². The van der Waals surface area contributed by atoms with E-state index >= 15 is 0 Å². The van der Waals surface area contributed by atoms with Crippen molar-refractivity contribution < 1.29 is 24.2 Å². The molecule has 2 aliphatic heterocycles. The molecule has 31 heavy (non-hydrogen) atoms. The van der Waals surface area contributed by atoms with Crippen molar-refractivity contribution in [1.29, 1.82) is 0 Å². The fourth-order valence-corrected chi connectivity index (χ4v) is 6.22. The Bertz CT molecular complexity index is 1010. The number of alkyl carbamates (subject to hydrolysis) is 1. The number of ether oxygens (including phenoxy) is 1. The molecule has 160 valence electrons. The fourth-order valence-electron chi connectivity index (χ4n) is 4.80. The van der Waals surface area contributed by atoms with Gasteiger partial charge in [-0.25, -0.2) is 9.59 Å². The summed E-state index contributed by atoms with van der Waals surface area (Å²) in [7, 11) is 0. The molecule has 2 fully saturated rings. The van der Waals surface area contributed by atoms with Crippen molar-refractivity contribution in [3.63, 3.8) is 0 Å². The van der Waals surface area contributed by atoms with Crippen LogP contribution in [0, 0.1) is 0 Å². The molecule has 0 unspecified atom stereocenters. The number of carbonyl (C=O) groups excluding carboxylic acids is 2. The van der Waals surface area contributed by atoms with Gasteiger partial charge in [0, 0.05) is 11.7 Å². The van der Waals surface area contributed by atoms with E-state index in [0.29, 0.717) is 18.6 Å². The van der Waals surface area contributed by atoms with Crippen LogP contribution in [0.3, 0.4) is 0 Å². The molecule has 7 nitrogen and oxygen atoms in total. The van der Waals surface area contributed by atoms with Crippen molar-refractivity contribution in [3.05, 3.63) is 59.7 Å². The van der Waals surface area contributed by atoms with Crippen LogP contribution in [0.5, 0.6) is 0 Å². The Morgan fingerprint density at radius 2 is 1.71 bits per heavy atom. The predicted molar refractivity (Wildman–Crippen MR) is 116 cm³/mol. The highest BCUT2D eigenvalue weighted by atomic mass is 32.2. The number of nitrogens with one attached hydrogen (secondary N) is 1. The van der Waals surface area contributed by atoms with E-state index in [2.05, 4.69) is 17.4 Å². The summed E-state index contributed by atoms with van der Waals surface area (Å²) < 4.78 is 5.53. The zero-order valence-electron chi connectivity index (χ0n) is 16.7. The monoisotopic (exact) mass is 438 g/mol. The van der Waals surface area contributed by atoms with Crippen LogP contribution in [-0.2, 0) is 14.3 Å². The molecule has 2 aromatic rings. The molecule has 5 rings (SSSR count). The minimum atomic E-state index is -1.01. The number of piperidine rings is 1. The van der Waals surface area contributed by atoms with Crippen molar-refractivity contribution in [3.8, 4) is 11.1 Å². The SMILES string of the molecule is O=C(N[C@@H]1CC[C@H]2SC[C@H](C(=O)O)N2C1=O)OCC1c2ccccc2-c2ccccc21. The maximum atomic E-state index is 12.8. The summed E-state index contributed by atoms with van der Waals surface area (Å²) in [5.41, 5.74) is 4.52. The third-order valence-corrected chi connectivity index (χ3v) is 7.62. The van der Waals surface area contributed by atoms with E-state index in [1.807, 2.05) is 36.4 Å².